The van der Waals surface area contributed by atoms with Crippen LogP contribution in [0.2, 0.25) is 0 Å². The molecule has 1 aromatic heterocycles. The van der Waals surface area contributed by atoms with E-state index >= 15 is 0 Å². The lowest BCUT2D eigenvalue weighted by Gasteiger charge is -2.17. The van der Waals surface area contributed by atoms with Crippen molar-refractivity contribution in [1.82, 2.24) is 20.4 Å². The lowest BCUT2D eigenvalue weighted by Crippen LogP contribution is -2.30. The highest BCUT2D eigenvalue weighted by Gasteiger charge is 2.21. The maximum absolute atomic E-state index is 5.68. The van der Waals surface area contributed by atoms with Gasteiger partial charge in [0.15, 0.2) is 4.60 Å². The smallest absolute Gasteiger partial charge is 0.153 e. The first-order valence-corrected chi connectivity index (χ1v) is 6.90. The van der Waals surface area contributed by atoms with Gasteiger partial charge in [0.05, 0.1) is 11.7 Å². The first-order valence-electron chi connectivity index (χ1n) is 5.31. The number of hydrazine groups is 1. The van der Waals surface area contributed by atoms with Crippen LogP contribution >= 0.6 is 31.9 Å². The number of halogens is 2. The molecule has 7 heteroatoms. The molecular formula is C11H13Br2N5. The van der Waals surface area contributed by atoms with Crippen molar-refractivity contribution in [3.8, 4) is 0 Å². The Morgan fingerprint density at radius 2 is 2.06 bits per heavy atom. The average molecular weight is 375 g/mol. The number of nitrogens with one attached hydrogen (secondary N) is 1. The van der Waals surface area contributed by atoms with E-state index in [9.17, 15) is 0 Å². The van der Waals surface area contributed by atoms with Crippen molar-refractivity contribution in [2.24, 2.45) is 12.9 Å². The van der Waals surface area contributed by atoms with Crippen LogP contribution < -0.4 is 11.3 Å². The van der Waals surface area contributed by atoms with E-state index in [4.69, 9.17) is 5.84 Å². The molecule has 96 valence electrons. The molecule has 5 nitrogen and oxygen atoms in total. The van der Waals surface area contributed by atoms with E-state index in [-0.39, 0.29) is 6.04 Å². The van der Waals surface area contributed by atoms with Crippen molar-refractivity contribution < 1.29 is 0 Å². The summed E-state index contributed by atoms with van der Waals surface area (Å²) in [4.78, 5) is 0. The van der Waals surface area contributed by atoms with Crippen LogP contribution in [0.3, 0.4) is 0 Å². The lowest BCUT2D eigenvalue weighted by molar-refractivity contribution is 0.569. The Kier molecular flexibility index (Phi) is 4.16. The molecule has 18 heavy (non-hydrogen) atoms. The standard InChI is InChI=1S/C11H13Br2N5/c1-6-3-7(5-8(12)4-6)9(15-14)10-11(13)16-17-18(10)2/h3-5,9,15H,14H2,1-2H3. The van der Waals surface area contributed by atoms with Crippen molar-refractivity contribution in [1.29, 1.82) is 0 Å². The summed E-state index contributed by atoms with van der Waals surface area (Å²) in [5, 5.41) is 7.95. The number of aryl methyl sites for hydroxylation is 2. The monoisotopic (exact) mass is 373 g/mol. The molecule has 0 amide bonds. The topological polar surface area (TPSA) is 68.8 Å². The van der Waals surface area contributed by atoms with Gasteiger partial charge in [-0.15, -0.1) is 5.10 Å². The van der Waals surface area contributed by atoms with Crippen molar-refractivity contribution in [2.45, 2.75) is 13.0 Å². The third kappa shape index (κ3) is 2.64. The van der Waals surface area contributed by atoms with Crippen LogP contribution in [0.25, 0.3) is 0 Å². The summed E-state index contributed by atoms with van der Waals surface area (Å²) in [6.45, 7) is 2.04. The first-order chi connectivity index (χ1) is 8.52. The zero-order valence-electron chi connectivity index (χ0n) is 9.98. The molecule has 2 rings (SSSR count). The minimum Gasteiger partial charge on any atom is -0.271 e. The normalized spacial score (nSPS) is 12.7. The molecule has 2 aromatic rings. The van der Waals surface area contributed by atoms with Crippen LogP contribution in [-0.2, 0) is 7.05 Å². The SMILES string of the molecule is Cc1cc(Br)cc(C(NN)c2c(Br)nnn2C)c1. The van der Waals surface area contributed by atoms with Gasteiger partial charge < -0.3 is 0 Å². The number of hydrogen-bond donors (Lipinski definition) is 2. The first kappa shape index (κ1) is 13.7. The van der Waals surface area contributed by atoms with Crippen molar-refractivity contribution in [2.75, 3.05) is 0 Å². The van der Waals surface area contributed by atoms with Crippen LogP contribution in [0.1, 0.15) is 22.9 Å². The fourth-order valence-corrected chi connectivity index (χ4v) is 3.09. The highest BCUT2D eigenvalue weighted by Crippen LogP contribution is 2.28. The number of rotatable bonds is 3. The molecule has 3 N–H and O–H groups in total. The number of nitrogens with two attached hydrogens (primary N) is 1. The molecule has 1 aromatic carbocycles. The summed E-state index contributed by atoms with van der Waals surface area (Å²) in [7, 11) is 1.84. The van der Waals surface area contributed by atoms with Crippen LogP contribution in [0.5, 0.6) is 0 Å². The number of aromatic nitrogens is 3. The molecule has 0 saturated heterocycles. The molecule has 0 aliphatic carbocycles. The van der Waals surface area contributed by atoms with Gasteiger partial charge in [-0.3, -0.25) is 5.84 Å². The fraction of sp³-hybridized carbons (Fsp3) is 0.273. The van der Waals surface area contributed by atoms with Crippen LogP contribution in [0, 0.1) is 6.92 Å². The molecule has 0 radical (unpaired) electrons. The third-order valence-electron chi connectivity index (χ3n) is 2.66. The third-order valence-corrected chi connectivity index (χ3v) is 3.69. The quantitative estimate of drug-likeness (QED) is 0.638. The van der Waals surface area contributed by atoms with Gasteiger partial charge in [-0.2, -0.15) is 0 Å². The predicted molar refractivity (Wildman–Crippen MR) is 76.7 cm³/mol. The Morgan fingerprint density at radius 1 is 1.33 bits per heavy atom. The van der Waals surface area contributed by atoms with Gasteiger partial charge in [-0.25, -0.2) is 10.1 Å². The summed E-state index contributed by atoms with van der Waals surface area (Å²) in [5.74, 6) is 5.68. The van der Waals surface area contributed by atoms with E-state index in [0.717, 1.165) is 21.3 Å². The van der Waals surface area contributed by atoms with Crippen LogP contribution in [0.15, 0.2) is 27.3 Å². The zero-order chi connectivity index (χ0) is 13.3. The van der Waals surface area contributed by atoms with E-state index in [1.54, 1.807) is 4.68 Å². The molecule has 0 aliphatic heterocycles. The summed E-state index contributed by atoms with van der Waals surface area (Å²) < 4.78 is 3.40. The largest absolute Gasteiger partial charge is 0.271 e. The van der Waals surface area contributed by atoms with E-state index in [1.807, 2.05) is 26.1 Å². The second-order valence-electron chi connectivity index (χ2n) is 4.05. The number of hydrogen-bond acceptors (Lipinski definition) is 4. The van der Waals surface area contributed by atoms with Gasteiger partial charge in [-0.1, -0.05) is 27.2 Å². The summed E-state index contributed by atoms with van der Waals surface area (Å²) >= 11 is 6.88. The highest BCUT2D eigenvalue weighted by molar-refractivity contribution is 9.10. The van der Waals surface area contributed by atoms with Crippen molar-refractivity contribution in [3.05, 3.63) is 44.1 Å². The summed E-state index contributed by atoms with van der Waals surface area (Å²) in [6.07, 6.45) is 0. The van der Waals surface area contributed by atoms with E-state index in [2.05, 4.69) is 53.7 Å². The molecule has 1 atom stereocenters. The maximum atomic E-state index is 5.68. The Hall–Kier alpha value is -0.760. The van der Waals surface area contributed by atoms with Crippen LogP contribution in [-0.4, -0.2) is 15.0 Å². The van der Waals surface area contributed by atoms with Gasteiger partial charge in [0.2, 0.25) is 0 Å². The number of benzene rings is 1. The zero-order valence-corrected chi connectivity index (χ0v) is 13.2. The van der Waals surface area contributed by atoms with Gasteiger partial charge in [0.25, 0.3) is 0 Å². The molecule has 1 heterocycles. The molecule has 0 spiro atoms. The fourth-order valence-electron chi connectivity index (χ4n) is 1.91. The molecule has 0 saturated carbocycles. The molecule has 0 bridgehead atoms. The molecular weight excluding hydrogens is 362 g/mol. The number of nitrogens with zero attached hydrogens (tertiary/aromatic N) is 3. The molecule has 0 fully saturated rings. The Balaban J connectivity index is 2.52. The van der Waals surface area contributed by atoms with Gasteiger partial charge in [-0.05, 0) is 46.1 Å². The van der Waals surface area contributed by atoms with E-state index in [1.165, 1.54) is 0 Å². The Labute approximate surface area is 122 Å². The van der Waals surface area contributed by atoms with Gasteiger partial charge >= 0.3 is 0 Å². The summed E-state index contributed by atoms with van der Waals surface area (Å²) in [6, 6.07) is 5.98. The summed E-state index contributed by atoms with van der Waals surface area (Å²) in [5.41, 5.74) is 5.90. The minimum atomic E-state index is -0.171. The van der Waals surface area contributed by atoms with Crippen molar-refractivity contribution >= 4 is 31.9 Å². The molecule has 0 aliphatic rings. The predicted octanol–water partition coefficient (Wildman–Crippen LogP) is 2.20. The second-order valence-corrected chi connectivity index (χ2v) is 5.72. The van der Waals surface area contributed by atoms with E-state index in [0.29, 0.717) is 4.60 Å². The van der Waals surface area contributed by atoms with Crippen LogP contribution in [0.4, 0.5) is 0 Å². The Bertz CT molecular complexity index is 527. The molecule has 1 unspecified atom stereocenters. The van der Waals surface area contributed by atoms with E-state index < -0.39 is 0 Å². The highest BCUT2D eigenvalue weighted by atomic mass is 79.9. The van der Waals surface area contributed by atoms with Gasteiger partial charge in [0.1, 0.15) is 0 Å². The Morgan fingerprint density at radius 3 is 2.56 bits per heavy atom. The van der Waals surface area contributed by atoms with Crippen molar-refractivity contribution in [3.63, 3.8) is 0 Å². The van der Waals surface area contributed by atoms with Gasteiger partial charge in [0, 0.05) is 11.5 Å². The minimum absolute atomic E-state index is 0.171. The second kappa shape index (κ2) is 5.48. The lowest BCUT2D eigenvalue weighted by atomic mass is 10.0. The maximum Gasteiger partial charge on any atom is 0.153 e. The average Bonchev–Trinajstić information content (AvgIpc) is 2.61.